The van der Waals surface area contributed by atoms with E-state index in [9.17, 15) is 4.79 Å². The molecular weight excluding hydrogens is 290 g/mol. The van der Waals surface area contributed by atoms with Crippen LogP contribution in [0.25, 0.3) is 5.65 Å². The molecule has 3 heterocycles. The molecule has 6 nitrogen and oxygen atoms in total. The number of hydrogen-bond acceptors (Lipinski definition) is 3. The Balaban J connectivity index is 1.92. The molecule has 1 amide bonds. The average molecular weight is 311 g/mol. The molecule has 0 aliphatic rings. The second kappa shape index (κ2) is 5.87. The molecule has 0 aliphatic carbocycles. The van der Waals surface area contributed by atoms with Crippen molar-refractivity contribution < 1.29 is 4.79 Å². The Morgan fingerprint density at radius 3 is 2.70 bits per heavy atom. The van der Waals surface area contributed by atoms with Crippen molar-refractivity contribution in [2.75, 3.05) is 0 Å². The van der Waals surface area contributed by atoms with Gasteiger partial charge < -0.3 is 5.32 Å². The summed E-state index contributed by atoms with van der Waals surface area (Å²) >= 11 is 0. The first-order valence-electron chi connectivity index (χ1n) is 7.70. The Hall–Kier alpha value is -2.63. The van der Waals surface area contributed by atoms with Crippen molar-refractivity contribution in [1.82, 2.24) is 24.5 Å². The molecule has 1 atom stereocenters. The second-order valence-electron chi connectivity index (χ2n) is 6.15. The number of nitrogens with zero attached hydrogens (tertiary/aromatic N) is 4. The molecule has 0 spiro atoms. The van der Waals surface area contributed by atoms with Crippen molar-refractivity contribution in [2.45, 2.75) is 26.8 Å². The summed E-state index contributed by atoms with van der Waals surface area (Å²) in [5, 5.41) is 7.32. The normalized spacial score (nSPS) is 12.7. The van der Waals surface area contributed by atoms with E-state index in [1.54, 1.807) is 17.1 Å². The summed E-state index contributed by atoms with van der Waals surface area (Å²) in [6, 6.07) is 5.70. The van der Waals surface area contributed by atoms with Crippen molar-refractivity contribution in [3.05, 3.63) is 53.7 Å². The van der Waals surface area contributed by atoms with Gasteiger partial charge in [0.05, 0.1) is 18.4 Å². The highest BCUT2D eigenvalue weighted by Crippen LogP contribution is 2.22. The van der Waals surface area contributed by atoms with E-state index < -0.39 is 0 Å². The van der Waals surface area contributed by atoms with E-state index in [1.165, 1.54) is 0 Å². The number of fused-ring (bicyclic) bond motifs is 1. The van der Waals surface area contributed by atoms with Crippen LogP contribution in [0, 0.1) is 12.8 Å². The molecule has 3 aromatic heterocycles. The van der Waals surface area contributed by atoms with Crippen LogP contribution in [0.5, 0.6) is 0 Å². The lowest BCUT2D eigenvalue weighted by atomic mass is 9.98. The minimum atomic E-state index is -0.130. The lowest BCUT2D eigenvalue weighted by Gasteiger charge is -2.21. The predicted molar refractivity (Wildman–Crippen MR) is 88.2 cm³/mol. The maximum atomic E-state index is 12.8. The molecule has 0 saturated heterocycles. The summed E-state index contributed by atoms with van der Waals surface area (Å²) in [5.74, 6) is 0.123. The first-order valence-corrected chi connectivity index (χ1v) is 7.70. The molecule has 120 valence electrons. The van der Waals surface area contributed by atoms with E-state index in [4.69, 9.17) is 0 Å². The fourth-order valence-corrected chi connectivity index (χ4v) is 2.81. The highest BCUT2D eigenvalue weighted by molar-refractivity contribution is 5.93. The molecule has 6 heteroatoms. The topological polar surface area (TPSA) is 64.2 Å². The average Bonchev–Trinajstić information content (AvgIpc) is 3.11. The lowest BCUT2D eigenvalue weighted by molar-refractivity contribution is 0.0919. The van der Waals surface area contributed by atoms with E-state index in [0.717, 1.165) is 16.9 Å². The van der Waals surface area contributed by atoms with Crippen LogP contribution in [-0.2, 0) is 7.05 Å². The Labute approximate surface area is 135 Å². The summed E-state index contributed by atoms with van der Waals surface area (Å²) in [4.78, 5) is 17.1. The first kappa shape index (κ1) is 15.3. The van der Waals surface area contributed by atoms with Crippen molar-refractivity contribution >= 4 is 11.6 Å². The van der Waals surface area contributed by atoms with Gasteiger partial charge in [0.15, 0.2) is 0 Å². The zero-order valence-electron chi connectivity index (χ0n) is 13.8. The van der Waals surface area contributed by atoms with Crippen LogP contribution < -0.4 is 5.32 Å². The highest BCUT2D eigenvalue weighted by atomic mass is 16.2. The SMILES string of the molecule is Cc1cccc2ncc(C(=O)N[C@H](c3cnn(C)c3)C(C)C)n12. The minimum Gasteiger partial charge on any atom is -0.344 e. The third kappa shape index (κ3) is 2.84. The zero-order valence-corrected chi connectivity index (χ0v) is 13.8. The van der Waals surface area contributed by atoms with Gasteiger partial charge in [0.2, 0.25) is 0 Å². The fourth-order valence-electron chi connectivity index (χ4n) is 2.81. The smallest absolute Gasteiger partial charge is 0.270 e. The van der Waals surface area contributed by atoms with Crippen molar-refractivity contribution in [2.24, 2.45) is 13.0 Å². The Bertz CT molecular complexity index is 846. The fraction of sp³-hybridized carbons (Fsp3) is 0.353. The summed E-state index contributed by atoms with van der Waals surface area (Å²) in [7, 11) is 1.87. The molecule has 3 aromatic rings. The van der Waals surface area contributed by atoms with Crippen LogP contribution in [0.1, 0.15) is 41.6 Å². The van der Waals surface area contributed by atoms with Gasteiger partial charge in [-0.3, -0.25) is 13.9 Å². The lowest BCUT2D eigenvalue weighted by Crippen LogP contribution is -2.32. The van der Waals surface area contributed by atoms with Gasteiger partial charge in [0, 0.05) is 24.5 Å². The number of aryl methyl sites for hydroxylation is 2. The summed E-state index contributed by atoms with van der Waals surface area (Å²) in [5.41, 5.74) is 3.30. The van der Waals surface area contributed by atoms with E-state index in [0.29, 0.717) is 5.69 Å². The molecule has 23 heavy (non-hydrogen) atoms. The number of amides is 1. The third-order valence-electron chi connectivity index (χ3n) is 3.99. The van der Waals surface area contributed by atoms with Crippen molar-refractivity contribution in [3.63, 3.8) is 0 Å². The van der Waals surface area contributed by atoms with Crippen molar-refractivity contribution in [3.8, 4) is 0 Å². The molecule has 0 aromatic carbocycles. The van der Waals surface area contributed by atoms with E-state index in [2.05, 4.69) is 29.2 Å². The Morgan fingerprint density at radius 2 is 2.04 bits per heavy atom. The van der Waals surface area contributed by atoms with Gasteiger partial charge in [-0.1, -0.05) is 19.9 Å². The predicted octanol–water partition coefficient (Wildman–Crippen LogP) is 2.50. The summed E-state index contributed by atoms with van der Waals surface area (Å²) in [6.45, 7) is 6.13. The summed E-state index contributed by atoms with van der Waals surface area (Å²) in [6.07, 6.45) is 5.35. The molecule has 3 rings (SSSR count). The van der Waals surface area contributed by atoms with Gasteiger partial charge in [-0.05, 0) is 25.0 Å². The maximum absolute atomic E-state index is 12.8. The third-order valence-corrected chi connectivity index (χ3v) is 3.99. The number of carbonyl (C=O) groups is 1. The van der Waals surface area contributed by atoms with Crippen LogP contribution in [0.4, 0.5) is 0 Å². The molecule has 0 radical (unpaired) electrons. The van der Waals surface area contributed by atoms with Crippen LogP contribution in [0.2, 0.25) is 0 Å². The maximum Gasteiger partial charge on any atom is 0.270 e. The van der Waals surface area contributed by atoms with E-state index >= 15 is 0 Å². The largest absolute Gasteiger partial charge is 0.344 e. The highest BCUT2D eigenvalue weighted by Gasteiger charge is 2.22. The number of pyridine rings is 1. The standard InChI is InChI=1S/C17H21N5O/c1-11(2)16(13-8-19-21(4)10-13)20-17(23)14-9-18-15-7-5-6-12(3)22(14)15/h5-11,16H,1-4H3,(H,20,23)/t16-/m0/s1. The quantitative estimate of drug-likeness (QED) is 0.805. The molecule has 1 N–H and O–H groups in total. The van der Waals surface area contributed by atoms with Gasteiger partial charge in [-0.2, -0.15) is 5.10 Å². The molecule has 0 saturated carbocycles. The number of rotatable bonds is 4. The number of hydrogen-bond donors (Lipinski definition) is 1. The summed E-state index contributed by atoms with van der Waals surface area (Å²) < 4.78 is 3.62. The Kier molecular flexibility index (Phi) is 3.90. The van der Waals surface area contributed by atoms with Crippen LogP contribution in [0.15, 0.2) is 36.8 Å². The number of aromatic nitrogens is 4. The zero-order chi connectivity index (χ0) is 16.6. The number of imidazole rings is 1. The number of carbonyl (C=O) groups excluding carboxylic acids is 1. The molecule has 0 fully saturated rings. The van der Waals surface area contributed by atoms with Gasteiger partial charge in [0.25, 0.3) is 5.91 Å². The number of nitrogens with one attached hydrogen (secondary N) is 1. The van der Waals surface area contributed by atoms with Crippen LogP contribution >= 0.6 is 0 Å². The molecule has 0 unspecified atom stereocenters. The van der Waals surface area contributed by atoms with E-state index in [1.807, 2.05) is 42.8 Å². The van der Waals surface area contributed by atoms with Gasteiger partial charge in [-0.25, -0.2) is 4.98 Å². The van der Waals surface area contributed by atoms with Gasteiger partial charge in [-0.15, -0.1) is 0 Å². The minimum absolute atomic E-state index is 0.0919. The second-order valence-corrected chi connectivity index (χ2v) is 6.15. The van der Waals surface area contributed by atoms with Gasteiger partial charge in [0.1, 0.15) is 11.3 Å². The van der Waals surface area contributed by atoms with Crippen LogP contribution in [0.3, 0.4) is 0 Å². The van der Waals surface area contributed by atoms with Gasteiger partial charge >= 0.3 is 0 Å². The first-order chi connectivity index (χ1) is 11.0. The molecular formula is C17H21N5O. The monoisotopic (exact) mass is 311 g/mol. The molecule has 0 bridgehead atoms. The van der Waals surface area contributed by atoms with Crippen molar-refractivity contribution in [1.29, 1.82) is 0 Å². The van der Waals surface area contributed by atoms with E-state index in [-0.39, 0.29) is 17.9 Å². The Morgan fingerprint density at radius 1 is 1.26 bits per heavy atom. The molecule has 0 aliphatic heterocycles. The van der Waals surface area contributed by atoms with Crippen LogP contribution in [-0.4, -0.2) is 25.1 Å².